The molecule has 0 saturated heterocycles. The molecule has 0 atom stereocenters. The van der Waals surface area contributed by atoms with Crippen LogP contribution in [-0.2, 0) is 11.3 Å². The van der Waals surface area contributed by atoms with E-state index in [4.69, 9.17) is 0 Å². The van der Waals surface area contributed by atoms with Crippen LogP contribution in [0.15, 0.2) is 48.7 Å². The van der Waals surface area contributed by atoms with E-state index in [9.17, 15) is 4.79 Å². The summed E-state index contributed by atoms with van der Waals surface area (Å²) in [6.45, 7) is 0.617. The van der Waals surface area contributed by atoms with Gasteiger partial charge in [0.2, 0.25) is 0 Å². The fourth-order valence-electron chi connectivity index (χ4n) is 1.52. The minimum atomic E-state index is -0.370. The van der Waals surface area contributed by atoms with Crippen molar-refractivity contribution in [3.8, 4) is 0 Å². The fraction of sp³-hybridized carbons (Fsp3) is 0.143. The predicted octanol–water partition coefficient (Wildman–Crippen LogP) is 3.15. The van der Waals surface area contributed by atoms with Gasteiger partial charge in [-0.2, -0.15) is 0 Å². The number of halogens is 1. The topological polar surface area (TPSA) is 51.2 Å². The number of carbonyl (C=O) groups is 1. The summed E-state index contributed by atoms with van der Waals surface area (Å²) in [5.74, 6) is -0.370. The summed E-state index contributed by atoms with van der Waals surface area (Å²) in [5, 5.41) is 3.24. The van der Waals surface area contributed by atoms with Crippen molar-refractivity contribution in [2.45, 2.75) is 6.54 Å². The molecular formula is C14H17ClN2O2. The summed E-state index contributed by atoms with van der Waals surface area (Å²) < 4.78 is 4.61. The molecule has 1 N–H and O–H groups in total. The van der Waals surface area contributed by atoms with Gasteiger partial charge in [-0.25, -0.2) is 4.79 Å². The fourth-order valence-corrected chi connectivity index (χ4v) is 1.52. The van der Waals surface area contributed by atoms with Crippen LogP contribution in [-0.4, -0.2) is 18.1 Å². The highest BCUT2D eigenvalue weighted by atomic mass is 35.5. The minimum Gasteiger partial charge on any atom is -0.465 e. The van der Waals surface area contributed by atoms with Crippen molar-refractivity contribution in [3.63, 3.8) is 0 Å². The quantitative estimate of drug-likeness (QED) is 0.874. The van der Waals surface area contributed by atoms with Crippen LogP contribution in [0.25, 0.3) is 0 Å². The molecule has 1 aromatic carbocycles. The van der Waals surface area contributed by atoms with Crippen molar-refractivity contribution in [2.24, 2.45) is 0 Å². The van der Waals surface area contributed by atoms with E-state index < -0.39 is 0 Å². The molecule has 0 amide bonds. The SMILES string of the molecule is COC(=O)c1ccc(CNc2ccccc2)nc1.Cl.[HH]. The van der Waals surface area contributed by atoms with E-state index in [1.54, 1.807) is 6.07 Å². The second kappa shape index (κ2) is 7.38. The summed E-state index contributed by atoms with van der Waals surface area (Å²) in [6.07, 6.45) is 1.52. The Labute approximate surface area is 119 Å². The third kappa shape index (κ3) is 4.26. The van der Waals surface area contributed by atoms with Gasteiger partial charge in [-0.15, -0.1) is 12.4 Å². The summed E-state index contributed by atoms with van der Waals surface area (Å²) in [7, 11) is 1.35. The van der Waals surface area contributed by atoms with Crippen molar-refractivity contribution in [2.75, 3.05) is 12.4 Å². The number of ether oxygens (including phenoxy) is 1. The van der Waals surface area contributed by atoms with Crippen LogP contribution in [0.2, 0.25) is 0 Å². The number of methoxy groups -OCH3 is 1. The lowest BCUT2D eigenvalue weighted by Gasteiger charge is -2.06. The number of nitrogens with one attached hydrogen (secondary N) is 1. The average Bonchev–Trinajstić information content (AvgIpc) is 2.46. The number of anilines is 1. The molecule has 19 heavy (non-hydrogen) atoms. The lowest BCUT2D eigenvalue weighted by atomic mass is 10.2. The van der Waals surface area contributed by atoms with Crippen molar-refractivity contribution in [3.05, 3.63) is 59.9 Å². The van der Waals surface area contributed by atoms with E-state index in [0.29, 0.717) is 12.1 Å². The van der Waals surface area contributed by atoms with Gasteiger partial charge in [-0.05, 0) is 24.3 Å². The smallest absolute Gasteiger partial charge is 0.339 e. The molecule has 0 radical (unpaired) electrons. The third-order valence-electron chi connectivity index (χ3n) is 2.49. The molecule has 5 heteroatoms. The second-order valence-corrected chi connectivity index (χ2v) is 3.75. The number of para-hydroxylation sites is 1. The van der Waals surface area contributed by atoms with Crippen LogP contribution < -0.4 is 5.32 Å². The summed E-state index contributed by atoms with van der Waals surface area (Å²) in [5.41, 5.74) is 2.36. The number of benzene rings is 1. The number of esters is 1. The van der Waals surface area contributed by atoms with Gasteiger partial charge in [-0.1, -0.05) is 18.2 Å². The molecule has 2 aromatic rings. The molecule has 0 spiro atoms. The molecular weight excluding hydrogens is 264 g/mol. The predicted molar refractivity (Wildman–Crippen MR) is 78.7 cm³/mol. The number of aromatic nitrogens is 1. The molecule has 4 nitrogen and oxygen atoms in total. The maximum Gasteiger partial charge on any atom is 0.339 e. The van der Waals surface area contributed by atoms with Gasteiger partial charge in [0.15, 0.2) is 0 Å². The van der Waals surface area contributed by atoms with Gasteiger partial charge in [-0.3, -0.25) is 4.98 Å². The highest BCUT2D eigenvalue weighted by Gasteiger charge is 2.04. The first-order chi connectivity index (χ1) is 8.79. The minimum absolute atomic E-state index is 0. The Morgan fingerprint density at radius 1 is 1.26 bits per heavy atom. The zero-order valence-electron chi connectivity index (χ0n) is 10.5. The standard InChI is InChI=1S/C14H14N2O2.ClH.H2/c1-18-14(17)11-7-8-13(15-9-11)10-16-12-5-3-2-4-6-12;;/h2-9,16H,10H2,1H3;2*1H. The zero-order chi connectivity index (χ0) is 12.8. The Kier molecular flexibility index (Phi) is 5.82. The number of hydrogen-bond acceptors (Lipinski definition) is 4. The van der Waals surface area contributed by atoms with E-state index >= 15 is 0 Å². The van der Waals surface area contributed by atoms with E-state index in [2.05, 4.69) is 15.0 Å². The Morgan fingerprint density at radius 2 is 2.00 bits per heavy atom. The van der Waals surface area contributed by atoms with E-state index in [-0.39, 0.29) is 19.8 Å². The highest BCUT2D eigenvalue weighted by Crippen LogP contribution is 2.08. The van der Waals surface area contributed by atoms with E-state index in [1.165, 1.54) is 13.3 Å². The van der Waals surface area contributed by atoms with E-state index in [0.717, 1.165) is 11.4 Å². The highest BCUT2D eigenvalue weighted by molar-refractivity contribution is 5.88. The van der Waals surface area contributed by atoms with Crippen molar-refractivity contribution in [1.82, 2.24) is 4.98 Å². The van der Waals surface area contributed by atoms with Gasteiger partial charge < -0.3 is 10.1 Å². The Hall–Kier alpha value is -2.07. The van der Waals surface area contributed by atoms with E-state index in [1.807, 2.05) is 36.4 Å². The molecule has 102 valence electrons. The molecule has 1 heterocycles. The number of nitrogens with zero attached hydrogens (tertiary/aromatic N) is 1. The normalized spacial score (nSPS) is 9.32. The Morgan fingerprint density at radius 3 is 2.58 bits per heavy atom. The number of rotatable bonds is 4. The third-order valence-corrected chi connectivity index (χ3v) is 2.49. The molecule has 0 bridgehead atoms. The van der Waals surface area contributed by atoms with Crippen LogP contribution >= 0.6 is 12.4 Å². The van der Waals surface area contributed by atoms with Gasteiger partial charge in [0.25, 0.3) is 0 Å². The van der Waals surface area contributed by atoms with Gasteiger partial charge in [0.1, 0.15) is 0 Å². The lowest BCUT2D eigenvalue weighted by Crippen LogP contribution is -2.05. The van der Waals surface area contributed by atoms with Gasteiger partial charge in [0.05, 0.1) is 24.9 Å². The number of pyridine rings is 1. The first-order valence-corrected chi connectivity index (χ1v) is 5.62. The first-order valence-electron chi connectivity index (χ1n) is 5.62. The molecule has 1 aromatic heterocycles. The summed E-state index contributed by atoms with van der Waals surface area (Å²) in [6, 6.07) is 13.4. The zero-order valence-corrected chi connectivity index (χ0v) is 11.3. The molecule has 0 aliphatic rings. The van der Waals surface area contributed by atoms with Crippen LogP contribution in [0.1, 0.15) is 17.5 Å². The van der Waals surface area contributed by atoms with Crippen molar-refractivity contribution in [1.29, 1.82) is 0 Å². The lowest BCUT2D eigenvalue weighted by molar-refractivity contribution is 0.0600. The van der Waals surface area contributed by atoms with Crippen molar-refractivity contribution < 1.29 is 11.0 Å². The molecule has 0 unspecified atom stereocenters. The maximum absolute atomic E-state index is 11.2. The van der Waals surface area contributed by atoms with Crippen LogP contribution in [0.4, 0.5) is 5.69 Å². The molecule has 2 rings (SSSR count). The van der Waals surface area contributed by atoms with Crippen LogP contribution in [0, 0.1) is 0 Å². The Balaban J connectivity index is 0.00000180. The average molecular weight is 281 g/mol. The number of hydrogen-bond donors (Lipinski definition) is 1. The molecule has 0 aliphatic heterocycles. The molecule has 0 fully saturated rings. The maximum atomic E-state index is 11.2. The first kappa shape index (κ1) is 15.0. The molecule has 0 saturated carbocycles. The van der Waals surface area contributed by atoms with Gasteiger partial charge >= 0.3 is 5.97 Å². The van der Waals surface area contributed by atoms with Crippen LogP contribution in [0.3, 0.4) is 0 Å². The largest absolute Gasteiger partial charge is 0.465 e. The van der Waals surface area contributed by atoms with Crippen molar-refractivity contribution >= 4 is 24.1 Å². The monoisotopic (exact) mass is 280 g/mol. The molecule has 0 aliphatic carbocycles. The summed E-state index contributed by atoms with van der Waals surface area (Å²) >= 11 is 0. The number of carbonyl (C=O) groups excluding carboxylic acids is 1. The Bertz CT molecular complexity index is 520. The second-order valence-electron chi connectivity index (χ2n) is 3.75. The summed E-state index contributed by atoms with van der Waals surface area (Å²) in [4.78, 5) is 15.4. The van der Waals surface area contributed by atoms with Crippen LogP contribution in [0.5, 0.6) is 0 Å². The van der Waals surface area contributed by atoms with Gasteiger partial charge in [0, 0.05) is 13.3 Å².